The Morgan fingerprint density at radius 3 is 2.68 bits per heavy atom. The van der Waals surface area contributed by atoms with Crippen molar-refractivity contribution < 1.29 is 9.59 Å². The van der Waals surface area contributed by atoms with Gasteiger partial charge in [-0.15, -0.1) is 0 Å². The zero-order valence-corrected chi connectivity index (χ0v) is 15.4. The number of anilines is 1. The van der Waals surface area contributed by atoms with Crippen LogP contribution >= 0.6 is 0 Å². The first kappa shape index (κ1) is 17.7. The molecule has 2 aliphatic heterocycles. The van der Waals surface area contributed by atoms with Crippen LogP contribution in [0.3, 0.4) is 0 Å². The lowest BCUT2D eigenvalue weighted by Crippen LogP contribution is -2.52. The fourth-order valence-electron chi connectivity index (χ4n) is 3.84. The van der Waals surface area contributed by atoms with Crippen LogP contribution in [0.1, 0.15) is 18.4 Å². The first-order valence-corrected chi connectivity index (χ1v) is 9.02. The maximum atomic E-state index is 12.8. The number of urea groups is 1. The summed E-state index contributed by atoms with van der Waals surface area (Å²) < 4.78 is 0. The number of likely N-dealkylation sites (tertiary alicyclic amines) is 1. The Labute approximate surface area is 150 Å². The first-order valence-electron chi connectivity index (χ1n) is 9.02. The Morgan fingerprint density at radius 1 is 1.16 bits per heavy atom. The highest BCUT2D eigenvalue weighted by molar-refractivity contribution is 5.96. The van der Waals surface area contributed by atoms with Crippen molar-refractivity contribution in [1.82, 2.24) is 14.7 Å². The number of rotatable bonds is 3. The SMILES string of the molecule is CN(C)C(=O)N(C)C1CCCN(CC(=O)N2CCc3ccccc32)C1. The lowest BCUT2D eigenvalue weighted by Gasteiger charge is -2.38. The van der Waals surface area contributed by atoms with Crippen molar-refractivity contribution >= 4 is 17.6 Å². The minimum absolute atomic E-state index is 0.0200. The van der Waals surface area contributed by atoms with E-state index in [-0.39, 0.29) is 18.0 Å². The molecule has 0 N–H and O–H groups in total. The molecule has 0 aromatic heterocycles. The van der Waals surface area contributed by atoms with E-state index in [2.05, 4.69) is 11.0 Å². The van der Waals surface area contributed by atoms with Crippen molar-refractivity contribution in [3.63, 3.8) is 0 Å². The van der Waals surface area contributed by atoms with E-state index in [0.29, 0.717) is 6.54 Å². The van der Waals surface area contributed by atoms with Crippen molar-refractivity contribution in [2.75, 3.05) is 52.2 Å². The highest BCUT2D eigenvalue weighted by atomic mass is 16.2. The van der Waals surface area contributed by atoms with Gasteiger partial charge in [0.25, 0.3) is 0 Å². The smallest absolute Gasteiger partial charge is 0.319 e. The maximum Gasteiger partial charge on any atom is 0.319 e. The third kappa shape index (κ3) is 3.79. The highest BCUT2D eigenvalue weighted by Crippen LogP contribution is 2.27. The van der Waals surface area contributed by atoms with Gasteiger partial charge in [-0.2, -0.15) is 0 Å². The van der Waals surface area contributed by atoms with E-state index in [1.165, 1.54) is 5.56 Å². The Bertz CT molecular complexity index is 646. The van der Waals surface area contributed by atoms with Gasteiger partial charge in [0.1, 0.15) is 0 Å². The zero-order valence-electron chi connectivity index (χ0n) is 15.4. The van der Waals surface area contributed by atoms with E-state index in [4.69, 9.17) is 0 Å². The summed E-state index contributed by atoms with van der Waals surface area (Å²) >= 11 is 0. The van der Waals surface area contributed by atoms with Crippen LogP contribution in [0.2, 0.25) is 0 Å². The largest absolute Gasteiger partial charge is 0.331 e. The quantitative estimate of drug-likeness (QED) is 0.838. The number of hydrogen-bond donors (Lipinski definition) is 0. The first-order chi connectivity index (χ1) is 12.0. The summed E-state index contributed by atoms with van der Waals surface area (Å²) in [6.45, 7) is 2.88. The second-order valence-corrected chi connectivity index (χ2v) is 7.24. The van der Waals surface area contributed by atoms with Crippen molar-refractivity contribution in [3.8, 4) is 0 Å². The Balaban J connectivity index is 1.60. The summed E-state index contributed by atoms with van der Waals surface area (Å²) in [5.74, 6) is 0.159. The molecule has 0 spiro atoms. The molecular formula is C19H28N4O2. The molecule has 1 atom stereocenters. The second kappa shape index (κ2) is 7.44. The number of amides is 3. The van der Waals surface area contributed by atoms with Crippen LogP contribution in [0.25, 0.3) is 0 Å². The molecule has 2 aliphatic rings. The minimum atomic E-state index is 0.0200. The van der Waals surface area contributed by atoms with Crippen molar-refractivity contribution in [3.05, 3.63) is 29.8 Å². The number of carbonyl (C=O) groups is 2. The summed E-state index contributed by atoms with van der Waals surface area (Å²) in [7, 11) is 5.40. The fraction of sp³-hybridized carbons (Fsp3) is 0.579. The predicted octanol–water partition coefficient (Wildman–Crippen LogP) is 1.65. The average Bonchev–Trinajstić information content (AvgIpc) is 3.04. The molecule has 2 heterocycles. The molecule has 3 amide bonds. The Kier molecular flexibility index (Phi) is 5.27. The molecule has 1 aromatic carbocycles. The normalized spacial score (nSPS) is 20.3. The van der Waals surface area contributed by atoms with E-state index < -0.39 is 0 Å². The van der Waals surface area contributed by atoms with Gasteiger partial charge in [0.05, 0.1) is 6.54 Å². The summed E-state index contributed by atoms with van der Waals surface area (Å²) in [6.07, 6.45) is 2.94. The molecule has 136 valence electrons. The molecule has 1 saturated heterocycles. The fourth-order valence-corrected chi connectivity index (χ4v) is 3.84. The Hall–Kier alpha value is -2.08. The molecule has 0 radical (unpaired) electrons. The van der Waals surface area contributed by atoms with Gasteiger partial charge in [-0.25, -0.2) is 4.79 Å². The van der Waals surface area contributed by atoms with Crippen LogP contribution < -0.4 is 4.90 Å². The molecule has 3 rings (SSSR count). The van der Waals surface area contributed by atoms with Gasteiger partial charge in [-0.1, -0.05) is 18.2 Å². The van der Waals surface area contributed by atoms with Crippen LogP contribution in [-0.4, -0.2) is 80.0 Å². The molecule has 1 aromatic rings. The van der Waals surface area contributed by atoms with Gasteiger partial charge >= 0.3 is 6.03 Å². The van der Waals surface area contributed by atoms with Crippen molar-refractivity contribution in [1.29, 1.82) is 0 Å². The molecule has 1 unspecified atom stereocenters. The number of likely N-dealkylation sites (N-methyl/N-ethyl adjacent to an activating group) is 1. The molecule has 6 heteroatoms. The summed E-state index contributed by atoms with van der Waals surface area (Å²) in [6, 6.07) is 8.33. The second-order valence-electron chi connectivity index (χ2n) is 7.24. The van der Waals surface area contributed by atoms with Gasteiger partial charge in [0, 0.05) is 46.0 Å². The number of benzene rings is 1. The van der Waals surface area contributed by atoms with Crippen LogP contribution in [0, 0.1) is 0 Å². The molecule has 25 heavy (non-hydrogen) atoms. The summed E-state index contributed by atoms with van der Waals surface area (Å²) in [5.41, 5.74) is 2.31. The third-order valence-corrected chi connectivity index (χ3v) is 5.26. The highest BCUT2D eigenvalue weighted by Gasteiger charge is 2.30. The van der Waals surface area contributed by atoms with E-state index in [9.17, 15) is 9.59 Å². The van der Waals surface area contributed by atoms with Gasteiger partial charge in [-0.05, 0) is 37.4 Å². The number of para-hydroxylation sites is 1. The summed E-state index contributed by atoms with van der Waals surface area (Å²) in [5, 5.41) is 0. The van der Waals surface area contributed by atoms with Crippen LogP contribution in [0.5, 0.6) is 0 Å². The lowest BCUT2D eigenvalue weighted by molar-refractivity contribution is -0.120. The molecule has 0 bridgehead atoms. The number of piperidine rings is 1. The number of nitrogens with zero attached hydrogens (tertiary/aromatic N) is 4. The topological polar surface area (TPSA) is 47.1 Å². The van der Waals surface area contributed by atoms with Gasteiger partial charge < -0.3 is 14.7 Å². The van der Waals surface area contributed by atoms with Crippen LogP contribution in [0.4, 0.5) is 10.5 Å². The molecule has 0 aliphatic carbocycles. The summed E-state index contributed by atoms with van der Waals surface area (Å²) in [4.78, 5) is 32.5. The van der Waals surface area contributed by atoms with Crippen molar-refractivity contribution in [2.45, 2.75) is 25.3 Å². The third-order valence-electron chi connectivity index (χ3n) is 5.26. The molecule has 0 saturated carbocycles. The zero-order chi connectivity index (χ0) is 18.0. The monoisotopic (exact) mass is 344 g/mol. The van der Waals surface area contributed by atoms with E-state index >= 15 is 0 Å². The molecular weight excluding hydrogens is 316 g/mol. The van der Waals surface area contributed by atoms with Gasteiger partial charge in [0.2, 0.25) is 5.91 Å². The van der Waals surface area contributed by atoms with Crippen LogP contribution in [-0.2, 0) is 11.2 Å². The lowest BCUT2D eigenvalue weighted by atomic mass is 10.0. The van der Waals surface area contributed by atoms with E-state index in [0.717, 1.165) is 44.6 Å². The van der Waals surface area contributed by atoms with Gasteiger partial charge in [0.15, 0.2) is 0 Å². The number of carbonyl (C=O) groups excluding carboxylic acids is 2. The molecule has 1 fully saturated rings. The van der Waals surface area contributed by atoms with Crippen LogP contribution in [0.15, 0.2) is 24.3 Å². The standard InChI is InChI=1S/C19H28N4O2/c1-20(2)19(25)21(3)16-8-6-11-22(13-16)14-18(24)23-12-10-15-7-4-5-9-17(15)23/h4-5,7,9,16H,6,8,10-14H2,1-3H3. The maximum absolute atomic E-state index is 12.8. The Morgan fingerprint density at radius 2 is 1.92 bits per heavy atom. The van der Waals surface area contributed by atoms with Crippen molar-refractivity contribution in [2.24, 2.45) is 0 Å². The van der Waals surface area contributed by atoms with E-state index in [1.54, 1.807) is 19.0 Å². The van der Waals surface area contributed by atoms with Gasteiger partial charge in [-0.3, -0.25) is 9.69 Å². The molecule has 6 nitrogen and oxygen atoms in total. The average molecular weight is 344 g/mol. The number of fused-ring (bicyclic) bond motifs is 1. The predicted molar refractivity (Wildman–Crippen MR) is 98.8 cm³/mol. The minimum Gasteiger partial charge on any atom is -0.331 e. The number of hydrogen-bond acceptors (Lipinski definition) is 3. The van der Waals surface area contributed by atoms with E-state index in [1.807, 2.05) is 35.0 Å².